The molecule has 0 radical (unpaired) electrons. The second-order valence-electron chi connectivity index (χ2n) is 5.90. The highest BCUT2D eigenvalue weighted by molar-refractivity contribution is 5.45. The molecule has 1 aromatic rings. The van der Waals surface area contributed by atoms with E-state index in [0.717, 1.165) is 55.8 Å². The van der Waals surface area contributed by atoms with Crippen molar-refractivity contribution in [2.45, 2.75) is 31.3 Å². The van der Waals surface area contributed by atoms with Gasteiger partial charge in [-0.25, -0.2) is 0 Å². The molecular formula is C16H23NO3. The highest BCUT2D eigenvalue weighted by atomic mass is 16.5. The zero-order valence-corrected chi connectivity index (χ0v) is 12.1. The zero-order chi connectivity index (χ0) is 14.0. The molecule has 1 fully saturated rings. The molecule has 4 nitrogen and oxygen atoms in total. The highest BCUT2D eigenvalue weighted by Gasteiger charge is 2.32. The van der Waals surface area contributed by atoms with Gasteiger partial charge in [0.1, 0.15) is 0 Å². The van der Waals surface area contributed by atoms with Gasteiger partial charge in [0.05, 0.1) is 18.8 Å². The number of aliphatic hydroxyl groups is 1. The number of hydrogen-bond acceptors (Lipinski definition) is 4. The summed E-state index contributed by atoms with van der Waals surface area (Å²) in [6, 6.07) is 5.88. The highest BCUT2D eigenvalue weighted by Crippen LogP contribution is 2.38. The Morgan fingerprint density at radius 2 is 1.85 bits per heavy atom. The van der Waals surface area contributed by atoms with E-state index in [1.807, 2.05) is 18.2 Å². The van der Waals surface area contributed by atoms with Gasteiger partial charge in [0.15, 0.2) is 11.5 Å². The summed E-state index contributed by atoms with van der Waals surface area (Å²) in [4.78, 5) is 2.28. The molecule has 2 aliphatic rings. The van der Waals surface area contributed by atoms with Gasteiger partial charge in [0.25, 0.3) is 0 Å². The first-order valence-electron chi connectivity index (χ1n) is 7.48. The third-order valence-electron chi connectivity index (χ3n) is 4.32. The Labute approximate surface area is 120 Å². The number of likely N-dealkylation sites (tertiary alicyclic amines) is 1. The second-order valence-corrected chi connectivity index (χ2v) is 5.90. The standard InChI is InChI=1S/C16H23NO3/c1-17-8-2-6-16(18,7-9-17)13-4-5-14-15(12-13)20-11-3-10-19-14/h4-5,12,18H,2-3,6-11H2,1H3. The first kappa shape index (κ1) is 13.7. The molecule has 0 spiro atoms. The van der Waals surface area contributed by atoms with E-state index in [4.69, 9.17) is 9.47 Å². The van der Waals surface area contributed by atoms with Crippen LogP contribution in [0.4, 0.5) is 0 Å². The van der Waals surface area contributed by atoms with Crippen LogP contribution < -0.4 is 9.47 Å². The Morgan fingerprint density at radius 1 is 1.05 bits per heavy atom. The van der Waals surface area contributed by atoms with Crippen LogP contribution >= 0.6 is 0 Å². The van der Waals surface area contributed by atoms with E-state index in [2.05, 4.69) is 11.9 Å². The lowest BCUT2D eigenvalue weighted by atomic mass is 9.86. The first-order chi connectivity index (χ1) is 9.67. The van der Waals surface area contributed by atoms with E-state index < -0.39 is 5.60 Å². The summed E-state index contributed by atoms with van der Waals surface area (Å²) in [5, 5.41) is 11.0. The van der Waals surface area contributed by atoms with Gasteiger partial charge >= 0.3 is 0 Å². The predicted molar refractivity (Wildman–Crippen MR) is 77.3 cm³/mol. The summed E-state index contributed by atoms with van der Waals surface area (Å²) in [5.74, 6) is 1.56. The third kappa shape index (κ3) is 2.76. The monoisotopic (exact) mass is 277 g/mol. The normalized spacial score (nSPS) is 27.7. The van der Waals surface area contributed by atoms with Crippen LogP contribution in [0.1, 0.15) is 31.2 Å². The molecular weight excluding hydrogens is 254 g/mol. The number of hydrogen-bond donors (Lipinski definition) is 1. The van der Waals surface area contributed by atoms with Gasteiger partial charge in [-0.15, -0.1) is 0 Å². The summed E-state index contributed by atoms with van der Waals surface area (Å²) >= 11 is 0. The fourth-order valence-electron chi connectivity index (χ4n) is 3.00. The van der Waals surface area contributed by atoms with Crippen LogP contribution in [0.25, 0.3) is 0 Å². The van der Waals surface area contributed by atoms with Gasteiger partial charge < -0.3 is 19.5 Å². The zero-order valence-electron chi connectivity index (χ0n) is 12.1. The minimum Gasteiger partial charge on any atom is -0.490 e. The van der Waals surface area contributed by atoms with E-state index in [1.165, 1.54) is 0 Å². The fourth-order valence-corrected chi connectivity index (χ4v) is 3.00. The Balaban J connectivity index is 1.87. The van der Waals surface area contributed by atoms with Crippen molar-refractivity contribution in [1.29, 1.82) is 0 Å². The number of ether oxygens (including phenoxy) is 2. The molecule has 0 bridgehead atoms. The molecule has 20 heavy (non-hydrogen) atoms. The van der Waals surface area contributed by atoms with Gasteiger partial charge in [-0.3, -0.25) is 0 Å². The van der Waals surface area contributed by atoms with Crippen molar-refractivity contribution < 1.29 is 14.6 Å². The van der Waals surface area contributed by atoms with Crippen molar-refractivity contribution >= 4 is 0 Å². The van der Waals surface area contributed by atoms with Crippen molar-refractivity contribution in [2.75, 3.05) is 33.4 Å². The van der Waals surface area contributed by atoms with Crippen LogP contribution in [0, 0.1) is 0 Å². The molecule has 4 heteroatoms. The van der Waals surface area contributed by atoms with Crippen LogP contribution in [-0.2, 0) is 5.60 Å². The van der Waals surface area contributed by atoms with Crippen molar-refractivity contribution in [3.8, 4) is 11.5 Å². The average Bonchev–Trinajstić information content (AvgIpc) is 2.78. The quantitative estimate of drug-likeness (QED) is 0.854. The summed E-state index contributed by atoms with van der Waals surface area (Å²) in [7, 11) is 2.11. The molecule has 0 saturated carbocycles. The largest absolute Gasteiger partial charge is 0.490 e. The summed E-state index contributed by atoms with van der Waals surface area (Å²) in [6.07, 6.45) is 3.49. The summed E-state index contributed by atoms with van der Waals surface area (Å²) < 4.78 is 11.4. The minimum absolute atomic E-state index is 0.678. The molecule has 0 aliphatic carbocycles. The summed E-state index contributed by atoms with van der Waals surface area (Å²) in [5.41, 5.74) is 0.215. The smallest absolute Gasteiger partial charge is 0.161 e. The fraction of sp³-hybridized carbons (Fsp3) is 0.625. The van der Waals surface area contributed by atoms with Crippen LogP contribution in [0.5, 0.6) is 11.5 Å². The lowest BCUT2D eigenvalue weighted by Gasteiger charge is -2.28. The molecule has 1 unspecified atom stereocenters. The van der Waals surface area contributed by atoms with Gasteiger partial charge in [0, 0.05) is 13.0 Å². The van der Waals surface area contributed by atoms with Crippen LogP contribution in [0.2, 0.25) is 0 Å². The molecule has 1 saturated heterocycles. The van der Waals surface area contributed by atoms with Crippen LogP contribution in [0.3, 0.4) is 0 Å². The second kappa shape index (κ2) is 5.62. The van der Waals surface area contributed by atoms with Crippen LogP contribution in [0.15, 0.2) is 18.2 Å². The minimum atomic E-state index is -0.741. The maximum atomic E-state index is 11.0. The molecule has 3 rings (SSSR count). The van der Waals surface area contributed by atoms with E-state index >= 15 is 0 Å². The predicted octanol–water partition coefficient (Wildman–Crippen LogP) is 2.15. The Kier molecular flexibility index (Phi) is 3.85. The molecule has 1 N–H and O–H groups in total. The summed E-state index contributed by atoms with van der Waals surface area (Å²) in [6.45, 7) is 3.34. The van der Waals surface area contributed by atoms with Crippen LogP contribution in [-0.4, -0.2) is 43.4 Å². The first-order valence-corrected chi connectivity index (χ1v) is 7.48. The Morgan fingerprint density at radius 3 is 2.70 bits per heavy atom. The van der Waals surface area contributed by atoms with Gasteiger partial charge in [-0.05, 0) is 50.6 Å². The van der Waals surface area contributed by atoms with Gasteiger partial charge in [-0.2, -0.15) is 0 Å². The molecule has 1 aromatic carbocycles. The topological polar surface area (TPSA) is 41.9 Å². The number of rotatable bonds is 1. The molecule has 2 aliphatic heterocycles. The Hall–Kier alpha value is -1.26. The molecule has 110 valence electrons. The SMILES string of the molecule is CN1CCCC(O)(c2ccc3c(c2)OCCCO3)CC1. The van der Waals surface area contributed by atoms with Crippen molar-refractivity contribution in [2.24, 2.45) is 0 Å². The lowest BCUT2D eigenvalue weighted by molar-refractivity contribution is 0.0216. The number of fused-ring (bicyclic) bond motifs is 1. The number of benzene rings is 1. The number of nitrogens with zero attached hydrogens (tertiary/aromatic N) is 1. The molecule has 2 heterocycles. The maximum Gasteiger partial charge on any atom is 0.161 e. The third-order valence-corrected chi connectivity index (χ3v) is 4.32. The van der Waals surface area contributed by atoms with E-state index in [-0.39, 0.29) is 0 Å². The lowest BCUT2D eigenvalue weighted by Crippen LogP contribution is -2.27. The van der Waals surface area contributed by atoms with Crippen molar-refractivity contribution in [3.63, 3.8) is 0 Å². The molecule has 0 aromatic heterocycles. The molecule has 1 atom stereocenters. The maximum absolute atomic E-state index is 11.0. The van der Waals surface area contributed by atoms with Crippen molar-refractivity contribution in [1.82, 2.24) is 4.90 Å². The van der Waals surface area contributed by atoms with E-state index in [0.29, 0.717) is 13.2 Å². The average molecular weight is 277 g/mol. The van der Waals surface area contributed by atoms with Gasteiger partial charge in [-0.1, -0.05) is 6.07 Å². The van der Waals surface area contributed by atoms with E-state index in [1.54, 1.807) is 0 Å². The van der Waals surface area contributed by atoms with Gasteiger partial charge in [0.2, 0.25) is 0 Å². The molecule has 0 amide bonds. The van der Waals surface area contributed by atoms with E-state index in [9.17, 15) is 5.11 Å². The Bertz CT molecular complexity index is 477. The van der Waals surface area contributed by atoms with Crippen molar-refractivity contribution in [3.05, 3.63) is 23.8 Å².